The zero-order chi connectivity index (χ0) is 81.7. The van der Waals surface area contributed by atoms with Crippen LogP contribution >= 0.6 is 11.6 Å². The highest BCUT2D eigenvalue weighted by atomic mass is 35.5. The molecule has 1 unspecified atom stereocenters. The first kappa shape index (κ1) is 87.5. The Hall–Kier alpha value is -11.7. The number of nitrogens with one attached hydrogen (secondary N) is 13. The normalized spacial score (nSPS) is 14.9. The number of carboxylic acids is 1. The van der Waals surface area contributed by atoms with Crippen LogP contribution in [-0.4, -0.2) is 189 Å². The fraction of sp³-hybridized carbons (Fsp3) is 0.412. The van der Waals surface area contributed by atoms with Crippen LogP contribution < -0.4 is 69.1 Å². The number of aliphatic hydroxyl groups excluding tert-OH is 1. The fourth-order valence-electron chi connectivity index (χ4n) is 12.5. The minimum Gasteiger partial charge on any atom is -0.480 e. The number of benzene rings is 5. The second-order valence-corrected chi connectivity index (χ2v) is 28.8. The third-order valence-electron chi connectivity index (χ3n) is 18.2. The summed E-state index contributed by atoms with van der Waals surface area (Å²) in [6, 6.07) is 21.2. The Labute approximate surface area is 654 Å². The SMILES string of the molecule is CC(=O)Nc1ccc(C[C@H](NC(=O)[C@H](CO)NC(=O)[C@@H](Cc2cccnc2)NC(=O)[C@@H](Cc2ccc(Cl)cc2)NC(=O)[C@@H](Cc2ccc3ccccc3c2)NC(C)=O)C(=O)NC(NC(=O)c2ccc(NC(C)=O)cc2)C(=O)N[C@@H](CC(C)C)C(=O)N[C@@H](CCCCNC(C)C)C(=O)N2CCC[C@H]2C(=O)N[C@H](C)C(=O)O)cc1. The van der Waals surface area contributed by atoms with Crippen molar-refractivity contribution in [1.82, 2.24) is 68.4 Å². The van der Waals surface area contributed by atoms with E-state index in [4.69, 9.17) is 11.6 Å². The van der Waals surface area contributed by atoms with Crippen molar-refractivity contribution in [3.63, 3.8) is 0 Å². The quantitative estimate of drug-likeness (QED) is 0.0194. The van der Waals surface area contributed by atoms with Crippen LogP contribution in [0.15, 0.2) is 140 Å². The van der Waals surface area contributed by atoms with Gasteiger partial charge in [0.25, 0.3) is 11.8 Å². The smallest absolute Gasteiger partial charge is 0.325 e. The number of likely N-dealkylation sites (tertiary alicyclic amines) is 1. The van der Waals surface area contributed by atoms with Gasteiger partial charge in [0.2, 0.25) is 65.0 Å². The van der Waals surface area contributed by atoms with Crippen molar-refractivity contribution in [3.8, 4) is 0 Å². The van der Waals surface area contributed by atoms with E-state index < -0.39 is 156 Å². The van der Waals surface area contributed by atoms with E-state index in [1.54, 1.807) is 50.2 Å². The highest BCUT2D eigenvalue weighted by molar-refractivity contribution is 6.30. The van der Waals surface area contributed by atoms with Gasteiger partial charge in [-0.1, -0.05) is 112 Å². The average Bonchev–Trinajstić information content (AvgIpc) is 1.60. The van der Waals surface area contributed by atoms with Gasteiger partial charge in [0.05, 0.1) is 6.61 Å². The molecule has 0 aliphatic carbocycles. The number of aliphatic hydroxyl groups is 1. The van der Waals surface area contributed by atoms with E-state index >= 15 is 9.59 Å². The van der Waals surface area contributed by atoms with E-state index in [0.717, 1.165) is 10.8 Å². The Balaban J connectivity index is 1.19. The molecule has 1 aromatic heterocycles. The van der Waals surface area contributed by atoms with Crippen LogP contribution in [-0.2, 0) is 88.0 Å². The molecule has 0 bridgehead atoms. The Morgan fingerprint density at radius 2 is 1.00 bits per heavy atom. The number of amides is 13. The topological polar surface area (TPSA) is 452 Å². The average molecular weight is 1560 g/mol. The number of aromatic nitrogens is 1. The maximum Gasteiger partial charge on any atom is 0.325 e. The van der Waals surface area contributed by atoms with Crippen LogP contribution in [0.4, 0.5) is 11.4 Å². The van der Waals surface area contributed by atoms with Crippen molar-refractivity contribution >= 4 is 117 Å². The molecule has 1 aliphatic rings. The number of hydrogen-bond acceptors (Lipinski definition) is 17. The van der Waals surface area contributed by atoms with Gasteiger partial charge in [-0.05, 0) is 146 Å². The first-order valence-electron chi connectivity index (χ1n) is 37.1. The minimum absolute atomic E-state index is 0.00962. The second kappa shape index (κ2) is 43.0. The zero-order valence-electron chi connectivity index (χ0n) is 63.8. The lowest BCUT2D eigenvalue weighted by atomic mass is 9.99. The van der Waals surface area contributed by atoms with E-state index in [2.05, 4.69) is 74.1 Å². The summed E-state index contributed by atoms with van der Waals surface area (Å²) in [5.41, 5.74) is 2.49. The maximum atomic E-state index is 15.3. The van der Waals surface area contributed by atoms with Crippen molar-refractivity contribution in [3.05, 3.63) is 173 Å². The number of fused-ring (bicyclic) bond motifs is 1. The Bertz CT molecular complexity index is 4310. The minimum atomic E-state index is -2.12. The lowest BCUT2D eigenvalue weighted by Gasteiger charge is -2.31. The standard InChI is InChI=1S/C80H100ClN15O16/c1-45(2)37-62(71(102)88-61(18-11-12-35-83-46(3)4)79(110)96-36-14-19-68(96)77(108)84-47(5)80(111)112)92-78(109)69(94-70(101)56-26-32-60(33-27-56)86-49(7)99)95-75(106)65(40-52-23-30-59(31-24-52)85-48(6)98)91-76(107)67(44-97)93-74(105)66(42-54-15-13-34-82-43-54)90-73(104)64(39-51-21-28-58(81)29-22-51)89-72(103)63(87-50(8)100)41-53-20-25-55-16-9-10-17-57(55)38-53/h9-10,13,15-17,20-34,38,43,45-47,61-69,83,97H,11-12,14,18-19,35-37,39-42,44H2,1-8H3,(H,84,108)(H,85,98)(H,86,99)(H,87,100)(H,88,102)(H,89,103)(H,90,104)(H,91,107)(H,92,109)(H,93,105)(H,94,101)(H,95,106)(H,111,112)/t47-,61+,62+,63-,64-,65+,66-,67+,68+,69?/m1/s1. The number of halogens is 1. The monoisotopic (exact) mass is 1560 g/mol. The molecule has 598 valence electrons. The maximum absolute atomic E-state index is 15.3. The largest absolute Gasteiger partial charge is 0.480 e. The van der Waals surface area contributed by atoms with Gasteiger partial charge in [-0.3, -0.25) is 72.1 Å². The molecule has 2 heterocycles. The molecule has 15 N–H and O–H groups in total. The number of anilines is 2. The van der Waals surface area contributed by atoms with Crippen molar-refractivity contribution in [1.29, 1.82) is 0 Å². The van der Waals surface area contributed by atoms with E-state index in [9.17, 15) is 67.7 Å². The van der Waals surface area contributed by atoms with Crippen LogP contribution in [0.3, 0.4) is 0 Å². The molecule has 6 aromatic rings. The molecule has 13 amide bonds. The van der Waals surface area contributed by atoms with Gasteiger partial charge in [-0.15, -0.1) is 0 Å². The van der Waals surface area contributed by atoms with Gasteiger partial charge in [-0.2, -0.15) is 0 Å². The molecule has 1 saturated heterocycles. The van der Waals surface area contributed by atoms with E-state index in [-0.39, 0.29) is 62.6 Å². The highest BCUT2D eigenvalue weighted by Gasteiger charge is 2.41. The van der Waals surface area contributed by atoms with Gasteiger partial charge in [0.15, 0.2) is 6.17 Å². The third-order valence-corrected chi connectivity index (χ3v) is 18.4. The summed E-state index contributed by atoms with van der Waals surface area (Å²) in [7, 11) is 0. The van der Waals surface area contributed by atoms with Crippen molar-refractivity contribution in [2.45, 2.75) is 186 Å². The summed E-state index contributed by atoms with van der Waals surface area (Å²) in [5.74, 6) is -12.5. The zero-order valence-corrected chi connectivity index (χ0v) is 64.5. The third kappa shape index (κ3) is 28.0. The molecular formula is C80H100ClN15O16. The summed E-state index contributed by atoms with van der Waals surface area (Å²) in [6.45, 7) is 12.0. The summed E-state index contributed by atoms with van der Waals surface area (Å²) < 4.78 is 0. The van der Waals surface area contributed by atoms with E-state index in [1.165, 1.54) is 93.5 Å². The molecule has 1 aliphatic heterocycles. The molecule has 32 heteroatoms. The molecule has 7 rings (SSSR count). The summed E-state index contributed by atoms with van der Waals surface area (Å²) >= 11 is 6.25. The second-order valence-electron chi connectivity index (χ2n) is 28.3. The number of hydrogen-bond donors (Lipinski definition) is 15. The van der Waals surface area contributed by atoms with Crippen molar-refractivity contribution in [2.75, 3.05) is 30.3 Å². The number of aliphatic carboxylic acids is 1. The lowest BCUT2D eigenvalue weighted by Crippen LogP contribution is -2.64. The number of pyridine rings is 1. The summed E-state index contributed by atoms with van der Waals surface area (Å²) in [6.07, 6.45) is 1.40. The van der Waals surface area contributed by atoms with Crippen molar-refractivity contribution < 1.29 is 77.3 Å². The highest BCUT2D eigenvalue weighted by Crippen LogP contribution is 2.23. The Morgan fingerprint density at radius 3 is 1.54 bits per heavy atom. The van der Waals surface area contributed by atoms with Crippen LogP contribution in [0.1, 0.15) is 127 Å². The molecule has 0 saturated carbocycles. The summed E-state index contributed by atoms with van der Waals surface area (Å²) in [4.78, 5) is 201. The molecule has 0 radical (unpaired) electrons. The first-order chi connectivity index (χ1) is 53.3. The molecule has 5 aromatic carbocycles. The Morgan fingerprint density at radius 1 is 0.500 bits per heavy atom. The predicted octanol–water partition coefficient (Wildman–Crippen LogP) is 3.15. The van der Waals surface area contributed by atoms with Crippen molar-refractivity contribution in [2.24, 2.45) is 5.92 Å². The van der Waals surface area contributed by atoms with Crippen LogP contribution in [0.5, 0.6) is 0 Å². The first-order valence-corrected chi connectivity index (χ1v) is 37.4. The van der Waals surface area contributed by atoms with Crippen LogP contribution in [0.2, 0.25) is 5.02 Å². The van der Waals surface area contributed by atoms with Gasteiger partial charge < -0.3 is 84.2 Å². The number of nitrogens with zero attached hydrogens (tertiary/aromatic N) is 2. The molecule has 10 atom stereocenters. The number of carbonyl (C=O) groups is 14. The van der Waals surface area contributed by atoms with Gasteiger partial charge in [0.1, 0.15) is 54.4 Å². The molecular weight excluding hydrogens is 1460 g/mol. The van der Waals surface area contributed by atoms with Crippen LogP contribution in [0.25, 0.3) is 10.8 Å². The molecule has 1 fully saturated rings. The Kier molecular flexibility index (Phi) is 33.6. The molecule has 0 spiro atoms. The van der Waals surface area contributed by atoms with Crippen LogP contribution in [0, 0.1) is 5.92 Å². The summed E-state index contributed by atoms with van der Waals surface area (Å²) in [5, 5.41) is 57.4. The van der Waals surface area contributed by atoms with E-state index in [1.807, 2.05) is 56.3 Å². The van der Waals surface area contributed by atoms with Gasteiger partial charge >= 0.3 is 5.97 Å². The van der Waals surface area contributed by atoms with E-state index in [0.29, 0.717) is 64.5 Å². The predicted molar refractivity (Wildman–Crippen MR) is 418 cm³/mol. The van der Waals surface area contributed by atoms with Gasteiger partial charge in [-0.25, -0.2) is 0 Å². The van der Waals surface area contributed by atoms with Gasteiger partial charge in [0, 0.05) is 93.4 Å². The number of rotatable bonds is 40. The lowest BCUT2D eigenvalue weighted by molar-refractivity contribution is -0.144. The number of carbonyl (C=O) groups excluding carboxylic acids is 13. The number of unbranched alkanes of at least 4 members (excludes halogenated alkanes) is 1. The molecule has 31 nitrogen and oxygen atoms in total. The molecule has 112 heavy (non-hydrogen) atoms. The number of carboxylic acid groups (broad SMARTS) is 1. The fourth-order valence-corrected chi connectivity index (χ4v) is 12.6.